The minimum Gasteiger partial charge on any atom is -0.462 e. The molecule has 0 atom stereocenters. The van der Waals surface area contributed by atoms with Crippen molar-refractivity contribution in [3.63, 3.8) is 0 Å². The predicted octanol–water partition coefficient (Wildman–Crippen LogP) is 5.80. The van der Waals surface area contributed by atoms with Crippen LogP contribution in [0.15, 0.2) is 24.3 Å². The lowest BCUT2D eigenvalue weighted by Crippen LogP contribution is -2.48. The molecule has 0 spiro atoms. The largest absolute Gasteiger partial charge is 0.462 e. The molecule has 0 radical (unpaired) electrons. The maximum Gasteiger partial charge on any atom is 0.339 e. The van der Waals surface area contributed by atoms with Gasteiger partial charge in [-0.2, -0.15) is 0 Å². The molecule has 0 N–H and O–H groups in total. The molecule has 4 saturated carbocycles. The smallest absolute Gasteiger partial charge is 0.339 e. The average molecular weight is 399 g/mol. The lowest BCUT2D eigenvalue weighted by Gasteiger charge is -2.56. The van der Waals surface area contributed by atoms with E-state index in [0.29, 0.717) is 24.3 Å². The van der Waals surface area contributed by atoms with Gasteiger partial charge in [-0.3, -0.25) is 0 Å². The highest BCUT2D eigenvalue weighted by Gasteiger charge is 2.51. The summed E-state index contributed by atoms with van der Waals surface area (Å²) in [5.74, 6) is 1.67. The van der Waals surface area contributed by atoms with Crippen LogP contribution in [0.3, 0.4) is 0 Å². The lowest BCUT2D eigenvalue weighted by molar-refractivity contribution is -0.0848. The molecule has 29 heavy (non-hydrogen) atoms. The first-order valence-corrected chi connectivity index (χ1v) is 11.5. The fourth-order valence-corrected chi connectivity index (χ4v) is 6.37. The molecular formula is C25H34O4. The maximum atomic E-state index is 12.8. The Bertz CT molecular complexity index is 703. The number of unbranched alkanes of at least 4 members (excludes halogenated alkanes) is 3. The van der Waals surface area contributed by atoms with Gasteiger partial charge in [-0.25, -0.2) is 9.59 Å². The molecule has 4 heteroatoms. The summed E-state index contributed by atoms with van der Waals surface area (Å²) in [4.78, 5) is 25.3. The summed E-state index contributed by atoms with van der Waals surface area (Å²) >= 11 is 0. The zero-order chi connectivity index (χ0) is 20.3. The fraction of sp³-hybridized carbons (Fsp3) is 0.680. The van der Waals surface area contributed by atoms with E-state index in [9.17, 15) is 9.59 Å². The van der Waals surface area contributed by atoms with Crippen molar-refractivity contribution >= 4 is 11.9 Å². The number of benzene rings is 1. The molecule has 0 saturated heterocycles. The third-order valence-corrected chi connectivity index (χ3v) is 7.27. The molecule has 1 aromatic carbocycles. The van der Waals surface area contributed by atoms with Crippen molar-refractivity contribution in [3.05, 3.63) is 35.4 Å². The quantitative estimate of drug-likeness (QED) is 0.390. The summed E-state index contributed by atoms with van der Waals surface area (Å²) in [5, 5.41) is 0. The second-order valence-electron chi connectivity index (χ2n) is 9.74. The van der Waals surface area contributed by atoms with E-state index in [1.54, 1.807) is 24.3 Å². The maximum absolute atomic E-state index is 12.8. The van der Waals surface area contributed by atoms with Crippen LogP contribution in [0.2, 0.25) is 0 Å². The molecule has 4 bridgehead atoms. The summed E-state index contributed by atoms with van der Waals surface area (Å²) in [5.41, 5.74) is 0.827. The van der Waals surface area contributed by atoms with Crippen LogP contribution in [0.4, 0.5) is 0 Å². The summed E-state index contributed by atoms with van der Waals surface area (Å²) in [6.07, 6.45) is 11.9. The summed E-state index contributed by atoms with van der Waals surface area (Å²) < 4.78 is 11.2. The van der Waals surface area contributed by atoms with E-state index in [-0.39, 0.29) is 11.4 Å². The topological polar surface area (TPSA) is 52.6 Å². The molecule has 4 fully saturated rings. The molecule has 4 nitrogen and oxygen atoms in total. The van der Waals surface area contributed by atoms with Gasteiger partial charge >= 0.3 is 11.9 Å². The highest BCUT2D eigenvalue weighted by Crippen LogP contribution is 2.60. The Morgan fingerprint density at radius 2 is 1.41 bits per heavy atom. The van der Waals surface area contributed by atoms with E-state index in [1.165, 1.54) is 38.5 Å². The Morgan fingerprint density at radius 1 is 0.862 bits per heavy atom. The first kappa shape index (κ1) is 20.4. The zero-order valence-electron chi connectivity index (χ0n) is 17.7. The Hall–Kier alpha value is -1.84. The second-order valence-corrected chi connectivity index (χ2v) is 9.74. The van der Waals surface area contributed by atoms with Crippen LogP contribution in [0, 0.1) is 23.2 Å². The van der Waals surface area contributed by atoms with E-state index in [0.717, 1.165) is 43.4 Å². The van der Waals surface area contributed by atoms with E-state index in [1.807, 2.05) is 0 Å². The third-order valence-electron chi connectivity index (χ3n) is 7.27. The Morgan fingerprint density at radius 3 is 1.97 bits per heavy atom. The summed E-state index contributed by atoms with van der Waals surface area (Å²) in [6.45, 7) is 3.04. The van der Waals surface area contributed by atoms with E-state index < -0.39 is 5.97 Å². The summed E-state index contributed by atoms with van der Waals surface area (Å²) in [6, 6.07) is 6.88. The molecule has 0 heterocycles. The van der Waals surface area contributed by atoms with Crippen LogP contribution in [0.25, 0.3) is 0 Å². The molecule has 0 aliphatic heterocycles. The van der Waals surface area contributed by atoms with Crippen LogP contribution in [0.1, 0.15) is 91.8 Å². The molecule has 0 unspecified atom stereocenters. The number of hydrogen-bond acceptors (Lipinski definition) is 4. The van der Waals surface area contributed by atoms with E-state index in [4.69, 9.17) is 9.47 Å². The number of ether oxygens (including phenoxy) is 2. The highest BCUT2D eigenvalue weighted by molar-refractivity contribution is 6.03. The van der Waals surface area contributed by atoms with Crippen LogP contribution in [0.5, 0.6) is 0 Å². The van der Waals surface area contributed by atoms with Gasteiger partial charge in [-0.05, 0) is 74.8 Å². The molecule has 0 amide bonds. The second kappa shape index (κ2) is 8.89. The first-order valence-electron chi connectivity index (χ1n) is 11.5. The Balaban J connectivity index is 1.35. The molecule has 158 valence electrons. The minimum absolute atomic E-state index is 0.180. The van der Waals surface area contributed by atoms with Gasteiger partial charge in [0.15, 0.2) is 0 Å². The van der Waals surface area contributed by atoms with Crippen molar-refractivity contribution in [1.29, 1.82) is 0 Å². The zero-order valence-corrected chi connectivity index (χ0v) is 17.7. The molecule has 5 rings (SSSR count). The number of hydrogen-bond donors (Lipinski definition) is 0. The molecule has 1 aromatic rings. The summed E-state index contributed by atoms with van der Waals surface area (Å²) in [7, 11) is 0. The van der Waals surface area contributed by atoms with Crippen molar-refractivity contribution < 1.29 is 19.1 Å². The van der Waals surface area contributed by atoms with Gasteiger partial charge in [0.2, 0.25) is 0 Å². The van der Waals surface area contributed by atoms with Crippen molar-refractivity contribution in [2.45, 2.75) is 71.1 Å². The van der Waals surface area contributed by atoms with Crippen LogP contribution in [-0.4, -0.2) is 25.2 Å². The molecule has 0 aromatic heterocycles. The van der Waals surface area contributed by atoms with Crippen molar-refractivity contribution in [1.82, 2.24) is 0 Å². The third kappa shape index (κ3) is 4.67. The highest BCUT2D eigenvalue weighted by atomic mass is 16.5. The van der Waals surface area contributed by atoms with Gasteiger partial charge in [0.05, 0.1) is 24.3 Å². The Kier molecular flexibility index (Phi) is 6.26. The van der Waals surface area contributed by atoms with Gasteiger partial charge in [-0.1, -0.05) is 38.3 Å². The molecule has 4 aliphatic carbocycles. The standard InChI is InChI=1S/C25H34O4/c1-2-3-4-7-10-28-23(26)21-8-5-6-9-22(21)24(27)29-17-25-14-18-11-19(15-25)13-20(12-18)16-25/h5-6,8-9,18-20H,2-4,7,10-17H2,1H3. The number of rotatable bonds is 9. The Labute approximate surface area is 174 Å². The van der Waals surface area contributed by atoms with Crippen LogP contribution in [-0.2, 0) is 9.47 Å². The van der Waals surface area contributed by atoms with Crippen LogP contribution >= 0.6 is 0 Å². The van der Waals surface area contributed by atoms with Crippen molar-refractivity contribution in [2.24, 2.45) is 23.2 Å². The van der Waals surface area contributed by atoms with Crippen LogP contribution < -0.4 is 0 Å². The molecule has 4 aliphatic rings. The van der Waals surface area contributed by atoms with E-state index >= 15 is 0 Å². The van der Waals surface area contributed by atoms with E-state index in [2.05, 4.69) is 6.92 Å². The normalized spacial score (nSPS) is 29.6. The lowest BCUT2D eigenvalue weighted by atomic mass is 9.50. The van der Waals surface area contributed by atoms with Gasteiger partial charge in [0, 0.05) is 5.41 Å². The number of carbonyl (C=O) groups excluding carboxylic acids is 2. The van der Waals surface area contributed by atoms with Gasteiger partial charge in [-0.15, -0.1) is 0 Å². The monoisotopic (exact) mass is 398 g/mol. The fourth-order valence-electron chi connectivity index (χ4n) is 6.37. The minimum atomic E-state index is -0.427. The SMILES string of the molecule is CCCCCCOC(=O)c1ccccc1C(=O)OCC12CC3CC(CC(C3)C1)C2. The average Bonchev–Trinajstić information content (AvgIpc) is 2.71. The van der Waals surface area contributed by atoms with Gasteiger partial charge in [0.1, 0.15) is 0 Å². The molecular weight excluding hydrogens is 364 g/mol. The number of carbonyl (C=O) groups is 2. The first-order chi connectivity index (χ1) is 14.1. The predicted molar refractivity (Wildman–Crippen MR) is 112 cm³/mol. The van der Waals surface area contributed by atoms with Gasteiger partial charge in [0.25, 0.3) is 0 Å². The number of esters is 2. The van der Waals surface area contributed by atoms with Crippen molar-refractivity contribution in [2.75, 3.05) is 13.2 Å². The van der Waals surface area contributed by atoms with Crippen molar-refractivity contribution in [3.8, 4) is 0 Å². The van der Waals surface area contributed by atoms with Gasteiger partial charge < -0.3 is 9.47 Å².